The average Bonchev–Trinajstić information content (AvgIpc) is 2.45. The van der Waals surface area contributed by atoms with Crippen LogP contribution in [0.5, 0.6) is 5.75 Å². The molecule has 0 aliphatic carbocycles. The summed E-state index contributed by atoms with van der Waals surface area (Å²) in [7, 11) is 6.05. The fourth-order valence-electron chi connectivity index (χ4n) is 2.94. The topological polar surface area (TPSA) is 24.5 Å². The highest BCUT2D eigenvalue weighted by atomic mass is 32.2. The number of methoxy groups -OCH3 is 1. The molecule has 2 rings (SSSR count). The molecule has 0 amide bonds. The minimum absolute atomic E-state index is 0.307. The molecule has 2 atom stereocenters. The van der Waals surface area contributed by atoms with Crippen molar-refractivity contribution in [1.29, 1.82) is 0 Å². The van der Waals surface area contributed by atoms with Gasteiger partial charge in [0.05, 0.1) is 13.2 Å². The molecule has 1 aliphatic rings. The van der Waals surface area contributed by atoms with Crippen molar-refractivity contribution in [2.24, 2.45) is 0 Å². The van der Waals surface area contributed by atoms with Crippen molar-refractivity contribution in [1.82, 2.24) is 10.2 Å². The number of ether oxygens (including phenoxy) is 1. The third-order valence-corrected chi connectivity index (χ3v) is 5.43. The van der Waals surface area contributed by atoms with E-state index in [0.717, 1.165) is 18.0 Å². The minimum Gasteiger partial charge on any atom is -0.496 e. The largest absolute Gasteiger partial charge is 0.496 e. The third kappa shape index (κ3) is 2.97. The number of rotatable bonds is 4. The number of aryl methyl sites for hydroxylation is 1. The number of hydrogen-bond acceptors (Lipinski definition) is 4. The summed E-state index contributed by atoms with van der Waals surface area (Å²) in [4.78, 5) is 2.46. The molecular formula is C16H26N2OS. The highest BCUT2D eigenvalue weighted by molar-refractivity contribution is 7.99. The summed E-state index contributed by atoms with van der Waals surface area (Å²) < 4.78 is 5.70. The summed E-state index contributed by atoms with van der Waals surface area (Å²) in [6.45, 7) is 5.43. The van der Waals surface area contributed by atoms with Crippen LogP contribution in [0.15, 0.2) is 12.1 Å². The quantitative estimate of drug-likeness (QED) is 0.922. The molecule has 2 unspecified atom stereocenters. The maximum Gasteiger partial charge on any atom is 0.126 e. The van der Waals surface area contributed by atoms with Crippen LogP contribution in [0.1, 0.15) is 22.7 Å². The number of nitrogens with one attached hydrogen (secondary N) is 1. The van der Waals surface area contributed by atoms with Gasteiger partial charge >= 0.3 is 0 Å². The van der Waals surface area contributed by atoms with Crippen LogP contribution in [0, 0.1) is 13.8 Å². The maximum atomic E-state index is 5.70. The molecule has 1 aromatic rings. The van der Waals surface area contributed by atoms with Gasteiger partial charge in [-0.05, 0) is 39.1 Å². The van der Waals surface area contributed by atoms with Gasteiger partial charge in [-0.25, -0.2) is 0 Å². The van der Waals surface area contributed by atoms with Gasteiger partial charge in [-0.2, -0.15) is 11.8 Å². The highest BCUT2D eigenvalue weighted by Crippen LogP contribution is 2.35. The van der Waals surface area contributed by atoms with Crippen molar-refractivity contribution in [3.63, 3.8) is 0 Å². The zero-order valence-corrected chi connectivity index (χ0v) is 14.0. The van der Waals surface area contributed by atoms with E-state index in [1.54, 1.807) is 7.11 Å². The second-order valence-electron chi connectivity index (χ2n) is 5.52. The summed E-state index contributed by atoms with van der Waals surface area (Å²) >= 11 is 2.04. The number of likely N-dealkylation sites (N-methyl/N-ethyl adjacent to an activating group) is 2. The lowest BCUT2D eigenvalue weighted by atomic mass is 9.94. The lowest BCUT2D eigenvalue weighted by molar-refractivity contribution is 0.218. The van der Waals surface area contributed by atoms with Crippen LogP contribution in [0.25, 0.3) is 0 Å². The van der Waals surface area contributed by atoms with Gasteiger partial charge in [0.1, 0.15) is 5.75 Å². The zero-order chi connectivity index (χ0) is 14.7. The predicted octanol–water partition coefficient (Wildman–Crippen LogP) is 2.62. The van der Waals surface area contributed by atoms with Crippen molar-refractivity contribution < 1.29 is 4.74 Å². The van der Waals surface area contributed by atoms with E-state index in [2.05, 4.69) is 43.2 Å². The Morgan fingerprint density at radius 3 is 2.75 bits per heavy atom. The first-order valence-corrected chi connectivity index (χ1v) is 8.35. The Bertz CT molecular complexity index is 464. The number of hydrogen-bond donors (Lipinski definition) is 1. The van der Waals surface area contributed by atoms with Gasteiger partial charge < -0.3 is 10.1 Å². The normalized spacial score (nSPS) is 21.8. The van der Waals surface area contributed by atoms with Crippen molar-refractivity contribution in [2.75, 3.05) is 39.3 Å². The van der Waals surface area contributed by atoms with Crippen molar-refractivity contribution in [3.8, 4) is 5.75 Å². The Morgan fingerprint density at radius 2 is 2.15 bits per heavy atom. The molecule has 0 saturated carbocycles. The van der Waals surface area contributed by atoms with Gasteiger partial charge in [-0.3, -0.25) is 4.90 Å². The molecule has 1 heterocycles. The molecule has 1 aromatic carbocycles. The maximum absolute atomic E-state index is 5.70. The first kappa shape index (κ1) is 15.7. The highest BCUT2D eigenvalue weighted by Gasteiger charge is 2.30. The third-order valence-electron chi connectivity index (χ3n) is 4.39. The summed E-state index contributed by atoms with van der Waals surface area (Å²) in [5.41, 5.74) is 3.81. The zero-order valence-electron chi connectivity index (χ0n) is 13.2. The number of thioether (sulfide) groups is 1. The number of benzene rings is 1. The second kappa shape index (κ2) is 6.83. The predicted molar refractivity (Wildman–Crippen MR) is 88.0 cm³/mol. The van der Waals surface area contributed by atoms with Gasteiger partial charge in [-0.1, -0.05) is 12.1 Å². The summed E-state index contributed by atoms with van der Waals surface area (Å²) in [5.74, 6) is 3.43. The fraction of sp³-hybridized carbons (Fsp3) is 0.625. The van der Waals surface area contributed by atoms with Gasteiger partial charge in [0, 0.05) is 29.7 Å². The summed E-state index contributed by atoms with van der Waals surface area (Å²) in [6.07, 6.45) is 0. The smallest absolute Gasteiger partial charge is 0.126 e. The summed E-state index contributed by atoms with van der Waals surface area (Å²) in [6, 6.07) is 5.24. The van der Waals surface area contributed by atoms with E-state index >= 15 is 0 Å². The Labute approximate surface area is 127 Å². The Morgan fingerprint density at radius 1 is 1.40 bits per heavy atom. The van der Waals surface area contributed by atoms with E-state index in [-0.39, 0.29) is 0 Å². The lowest BCUT2D eigenvalue weighted by Gasteiger charge is -2.38. The first-order valence-electron chi connectivity index (χ1n) is 7.19. The monoisotopic (exact) mass is 294 g/mol. The molecule has 3 nitrogen and oxygen atoms in total. The van der Waals surface area contributed by atoms with Crippen LogP contribution >= 0.6 is 11.8 Å². The van der Waals surface area contributed by atoms with E-state index in [1.165, 1.54) is 22.4 Å². The lowest BCUT2D eigenvalue weighted by Crippen LogP contribution is -2.47. The van der Waals surface area contributed by atoms with E-state index in [9.17, 15) is 0 Å². The van der Waals surface area contributed by atoms with Gasteiger partial charge in [0.2, 0.25) is 0 Å². The first-order chi connectivity index (χ1) is 9.60. The summed E-state index contributed by atoms with van der Waals surface area (Å²) in [5, 5.41) is 3.50. The molecule has 1 fully saturated rings. The van der Waals surface area contributed by atoms with Crippen molar-refractivity contribution >= 4 is 11.8 Å². The Kier molecular flexibility index (Phi) is 5.35. The van der Waals surface area contributed by atoms with Crippen LogP contribution in [-0.4, -0.2) is 50.2 Å². The molecule has 0 radical (unpaired) electrons. The average molecular weight is 294 g/mol. The van der Waals surface area contributed by atoms with E-state index < -0.39 is 0 Å². The Hall–Kier alpha value is -0.710. The van der Waals surface area contributed by atoms with Crippen LogP contribution in [0.4, 0.5) is 0 Å². The van der Waals surface area contributed by atoms with Gasteiger partial charge in [0.25, 0.3) is 0 Å². The molecule has 20 heavy (non-hydrogen) atoms. The van der Waals surface area contributed by atoms with Crippen molar-refractivity contribution in [2.45, 2.75) is 25.9 Å². The SMILES string of the molecule is CNC(c1ccc(C)c(C)c1OC)C1CSCCN1C. The molecular weight excluding hydrogens is 268 g/mol. The molecule has 0 bridgehead atoms. The van der Waals surface area contributed by atoms with Crippen LogP contribution in [-0.2, 0) is 0 Å². The van der Waals surface area contributed by atoms with Crippen LogP contribution in [0.3, 0.4) is 0 Å². The molecule has 112 valence electrons. The van der Waals surface area contributed by atoms with Gasteiger partial charge in [0.15, 0.2) is 0 Å². The fourth-order valence-corrected chi connectivity index (χ4v) is 4.21. The van der Waals surface area contributed by atoms with E-state index in [0.29, 0.717) is 12.1 Å². The number of nitrogens with zero attached hydrogens (tertiary/aromatic N) is 1. The van der Waals surface area contributed by atoms with Crippen LogP contribution in [0.2, 0.25) is 0 Å². The van der Waals surface area contributed by atoms with Gasteiger partial charge in [-0.15, -0.1) is 0 Å². The van der Waals surface area contributed by atoms with E-state index in [1.807, 2.05) is 18.8 Å². The Balaban J connectivity index is 2.38. The van der Waals surface area contributed by atoms with E-state index in [4.69, 9.17) is 4.74 Å². The standard InChI is InChI=1S/C16H26N2OS/c1-11-6-7-13(16(19-5)12(11)2)15(17-3)14-10-20-9-8-18(14)4/h6-7,14-15,17H,8-10H2,1-5H3. The minimum atomic E-state index is 0.307. The van der Waals surface area contributed by atoms with Crippen LogP contribution < -0.4 is 10.1 Å². The molecule has 1 saturated heterocycles. The van der Waals surface area contributed by atoms with Crippen molar-refractivity contribution in [3.05, 3.63) is 28.8 Å². The second-order valence-corrected chi connectivity index (χ2v) is 6.67. The molecule has 4 heteroatoms. The molecule has 1 N–H and O–H groups in total. The molecule has 1 aliphatic heterocycles. The molecule has 0 aromatic heterocycles. The molecule has 0 spiro atoms.